The average Bonchev–Trinajstić information content (AvgIpc) is 3.06. The summed E-state index contributed by atoms with van der Waals surface area (Å²) in [6.45, 7) is 1.51. The molecular weight excluding hydrogens is 420 g/mol. The summed E-state index contributed by atoms with van der Waals surface area (Å²) >= 11 is 0. The third kappa shape index (κ3) is 3.62. The first-order chi connectivity index (χ1) is 15.2. The average molecular weight is 441 g/mol. The van der Waals surface area contributed by atoms with Crippen molar-refractivity contribution in [2.45, 2.75) is 24.7 Å². The van der Waals surface area contributed by atoms with Gasteiger partial charge in [-0.2, -0.15) is 0 Å². The molecule has 1 aliphatic heterocycles. The highest BCUT2D eigenvalue weighted by molar-refractivity contribution is 5.88. The maximum atomic E-state index is 14.2. The van der Waals surface area contributed by atoms with E-state index in [-0.39, 0.29) is 16.9 Å². The molecule has 0 spiro atoms. The number of aromatic nitrogens is 2. The van der Waals surface area contributed by atoms with Gasteiger partial charge in [-0.1, -0.05) is 12.1 Å². The zero-order valence-electron chi connectivity index (χ0n) is 17.2. The summed E-state index contributed by atoms with van der Waals surface area (Å²) in [7, 11) is 0. The Morgan fingerprint density at radius 1 is 1.34 bits per heavy atom. The van der Waals surface area contributed by atoms with E-state index in [1.807, 2.05) is 6.07 Å². The number of hydrogen-bond donors (Lipinski definition) is 2. The predicted octanol–water partition coefficient (Wildman–Crippen LogP) is 2.64. The van der Waals surface area contributed by atoms with Gasteiger partial charge >= 0.3 is 5.69 Å². The normalized spacial score (nSPS) is 16.0. The molecule has 0 bridgehead atoms. The molecule has 0 unspecified atom stereocenters. The van der Waals surface area contributed by atoms with Crippen LogP contribution in [-0.2, 0) is 16.1 Å². The van der Waals surface area contributed by atoms with E-state index in [0.717, 1.165) is 29.3 Å². The molecule has 0 saturated carbocycles. The SMILES string of the molecule is CC(F)(F)c1cc(C=O)cn2c(=O)n(-c3cccc(C4(CC(N)=NC=N)COC4)c3)cc12. The number of hydrogen-bond acceptors (Lipinski definition) is 4. The van der Waals surface area contributed by atoms with Gasteiger partial charge in [-0.05, 0) is 23.8 Å². The Balaban J connectivity index is 1.85. The molecule has 8 nitrogen and oxygen atoms in total. The van der Waals surface area contributed by atoms with Crippen molar-refractivity contribution >= 4 is 24.0 Å². The lowest BCUT2D eigenvalue weighted by Crippen LogP contribution is -2.49. The molecule has 0 amide bonds. The molecule has 1 fully saturated rings. The van der Waals surface area contributed by atoms with E-state index in [9.17, 15) is 18.4 Å². The minimum atomic E-state index is -3.25. The van der Waals surface area contributed by atoms with Gasteiger partial charge in [0.25, 0.3) is 5.92 Å². The lowest BCUT2D eigenvalue weighted by atomic mass is 9.75. The second kappa shape index (κ2) is 7.79. The molecule has 3 heterocycles. The van der Waals surface area contributed by atoms with Crippen LogP contribution < -0.4 is 11.4 Å². The third-order valence-corrected chi connectivity index (χ3v) is 5.64. The van der Waals surface area contributed by atoms with Gasteiger partial charge in [-0.25, -0.2) is 18.6 Å². The van der Waals surface area contributed by atoms with Crippen molar-refractivity contribution in [3.05, 3.63) is 69.9 Å². The van der Waals surface area contributed by atoms with Crippen molar-refractivity contribution in [1.82, 2.24) is 8.97 Å². The quantitative estimate of drug-likeness (QED) is 0.333. The second-order valence-corrected chi connectivity index (χ2v) is 7.98. The molecule has 2 aromatic heterocycles. The van der Waals surface area contributed by atoms with Gasteiger partial charge in [-0.3, -0.25) is 19.2 Å². The number of nitrogens with two attached hydrogens (primary N) is 1. The molecule has 1 saturated heterocycles. The number of fused-ring (bicyclic) bond motifs is 1. The van der Waals surface area contributed by atoms with Crippen molar-refractivity contribution in [3.63, 3.8) is 0 Å². The van der Waals surface area contributed by atoms with Gasteiger partial charge in [0.05, 0.1) is 24.4 Å². The number of ether oxygens (including phenoxy) is 1. The standard InChI is InChI=1S/C22H21F2N5O3/c1-21(23,24)17-5-14(10-30)8-29-18(17)9-28(20(29)31)16-4-2-3-15(6-16)22(11-32-12-22)7-19(26)27-13-25/h2-6,8-10,13H,7,11-12H2,1H3,(H3,25,26,27). The Morgan fingerprint density at radius 3 is 2.69 bits per heavy atom. The second-order valence-electron chi connectivity index (χ2n) is 7.98. The number of nitrogens with zero attached hydrogens (tertiary/aromatic N) is 3. The van der Waals surface area contributed by atoms with Gasteiger partial charge in [0.15, 0.2) is 6.29 Å². The molecule has 10 heteroatoms. The van der Waals surface area contributed by atoms with Crippen molar-refractivity contribution in [3.8, 4) is 5.69 Å². The van der Waals surface area contributed by atoms with Gasteiger partial charge < -0.3 is 10.5 Å². The topological polar surface area (TPSA) is 115 Å². The molecular formula is C22H21F2N5O3. The highest BCUT2D eigenvalue weighted by Gasteiger charge is 2.41. The van der Waals surface area contributed by atoms with E-state index in [0.29, 0.717) is 31.6 Å². The lowest BCUT2D eigenvalue weighted by molar-refractivity contribution is -0.0564. The summed E-state index contributed by atoms with van der Waals surface area (Å²) in [6.07, 6.45) is 4.26. The molecule has 1 aliphatic rings. The Bertz CT molecular complexity index is 1300. The Hall–Kier alpha value is -3.66. The number of amidine groups is 1. The van der Waals surface area contributed by atoms with E-state index >= 15 is 0 Å². The highest BCUT2D eigenvalue weighted by atomic mass is 19.3. The molecule has 166 valence electrons. The maximum absolute atomic E-state index is 14.2. The number of nitrogens with one attached hydrogen (secondary N) is 1. The molecule has 1 aromatic carbocycles. The maximum Gasteiger partial charge on any atom is 0.337 e. The predicted molar refractivity (Wildman–Crippen MR) is 115 cm³/mol. The summed E-state index contributed by atoms with van der Waals surface area (Å²) < 4.78 is 36.2. The fourth-order valence-corrected chi connectivity index (χ4v) is 3.99. The van der Waals surface area contributed by atoms with E-state index in [1.54, 1.807) is 18.2 Å². The number of imidazole rings is 1. The van der Waals surface area contributed by atoms with Gasteiger partial charge in [0.1, 0.15) is 12.2 Å². The first-order valence-electron chi connectivity index (χ1n) is 9.79. The van der Waals surface area contributed by atoms with Crippen molar-refractivity contribution in [2.75, 3.05) is 13.2 Å². The number of aliphatic imine (C=N–C) groups is 1. The van der Waals surface area contributed by atoms with E-state index in [4.69, 9.17) is 15.9 Å². The minimum Gasteiger partial charge on any atom is -0.387 e. The summed E-state index contributed by atoms with van der Waals surface area (Å²) in [5.74, 6) is -2.96. The highest BCUT2D eigenvalue weighted by Crippen LogP contribution is 2.37. The Labute approximate surface area is 181 Å². The molecule has 3 aromatic rings. The summed E-state index contributed by atoms with van der Waals surface area (Å²) in [5, 5.41) is 7.09. The monoisotopic (exact) mass is 441 g/mol. The zero-order valence-corrected chi connectivity index (χ0v) is 17.2. The molecule has 32 heavy (non-hydrogen) atoms. The van der Waals surface area contributed by atoms with Crippen LogP contribution in [0.25, 0.3) is 11.2 Å². The summed E-state index contributed by atoms with van der Waals surface area (Å²) in [5.41, 5.74) is 5.79. The first kappa shape index (κ1) is 21.6. The molecule has 4 rings (SSSR count). The van der Waals surface area contributed by atoms with E-state index in [1.165, 1.54) is 17.0 Å². The largest absolute Gasteiger partial charge is 0.387 e. The van der Waals surface area contributed by atoms with Gasteiger partial charge in [0.2, 0.25) is 0 Å². The summed E-state index contributed by atoms with van der Waals surface area (Å²) in [4.78, 5) is 28.1. The van der Waals surface area contributed by atoms with Crippen LogP contribution in [0.5, 0.6) is 0 Å². The van der Waals surface area contributed by atoms with Crippen molar-refractivity contribution in [2.24, 2.45) is 10.7 Å². The third-order valence-electron chi connectivity index (χ3n) is 5.64. The number of carbonyl (C=O) groups is 1. The number of halogens is 2. The molecule has 3 N–H and O–H groups in total. The lowest BCUT2D eigenvalue weighted by Gasteiger charge is -2.42. The fourth-order valence-electron chi connectivity index (χ4n) is 3.99. The van der Waals surface area contributed by atoms with Crippen LogP contribution in [0.1, 0.15) is 34.8 Å². The number of rotatable bonds is 7. The number of carbonyl (C=O) groups excluding carboxylic acids is 1. The number of aldehydes is 1. The van der Waals surface area contributed by atoms with Crippen LogP contribution >= 0.6 is 0 Å². The fraction of sp³-hybridized carbons (Fsp3) is 0.273. The molecule has 0 atom stereocenters. The summed E-state index contributed by atoms with van der Waals surface area (Å²) in [6, 6.07) is 8.20. The van der Waals surface area contributed by atoms with Crippen molar-refractivity contribution < 1.29 is 18.3 Å². The van der Waals surface area contributed by atoms with Crippen LogP contribution in [-0.4, -0.2) is 40.6 Å². The van der Waals surface area contributed by atoms with Crippen LogP contribution in [0.3, 0.4) is 0 Å². The van der Waals surface area contributed by atoms with Crippen LogP contribution in [0, 0.1) is 5.41 Å². The number of alkyl halides is 2. The molecule has 0 aliphatic carbocycles. The van der Waals surface area contributed by atoms with E-state index in [2.05, 4.69) is 4.99 Å². The number of pyridine rings is 1. The van der Waals surface area contributed by atoms with Gasteiger partial charge in [0, 0.05) is 42.3 Å². The van der Waals surface area contributed by atoms with Crippen LogP contribution in [0.4, 0.5) is 8.78 Å². The van der Waals surface area contributed by atoms with E-state index < -0.39 is 22.6 Å². The first-order valence-corrected chi connectivity index (χ1v) is 9.79. The Kier molecular flexibility index (Phi) is 5.25. The smallest absolute Gasteiger partial charge is 0.337 e. The van der Waals surface area contributed by atoms with Crippen LogP contribution in [0.15, 0.2) is 52.5 Å². The Morgan fingerprint density at radius 2 is 2.09 bits per heavy atom. The van der Waals surface area contributed by atoms with Gasteiger partial charge in [-0.15, -0.1) is 0 Å². The van der Waals surface area contributed by atoms with Crippen LogP contribution in [0.2, 0.25) is 0 Å². The molecule has 0 radical (unpaired) electrons. The number of benzene rings is 1. The minimum absolute atomic E-state index is 0.0163. The zero-order chi connectivity index (χ0) is 23.1. The van der Waals surface area contributed by atoms with Crippen molar-refractivity contribution in [1.29, 1.82) is 5.41 Å².